The Balaban J connectivity index is 2.47. The molecule has 0 aliphatic heterocycles. The van der Waals surface area contributed by atoms with E-state index in [-0.39, 0.29) is 34.1 Å². The van der Waals surface area contributed by atoms with Gasteiger partial charge in [0.2, 0.25) is 0 Å². The summed E-state index contributed by atoms with van der Waals surface area (Å²) in [6.07, 6.45) is -4.92. The van der Waals surface area contributed by atoms with Gasteiger partial charge in [0.15, 0.2) is 11.5 Å². The second kappa shape index (κ2) is 8.60. The number of anilines is 1. The third kappa shape index (κ3) is 5.31. The van der Waals surface area contributed by atoms with Gasteiger partial charge in [0.25, 0.3) is 10.0 Å². The molecule has 0 saturated heterocycles. The molecule has 0 radical (unpaired) electrons. The van der Waals surface area contributed by atoms with Crippen molar-refractivity contribution in [3.05, 3.63) is 47.5 Å². The smallest absolute Gasteiger partial charge is 0.416 e. The van der Waals surface area contributed by atoms with Crippen LogP contribution in [0.3, 0.4) is 0 Å². The van der Waals surface area contributed by atoms with Gasteiger partial charge in [-0.05, 0) is 35.9 Å². The number of hydrogen-bond acceptors (Lipinski definition) is 6. The number of rotatable bonds is 7. The lowest BCUT2D eigenvalue weighted by atomic mass is 10.1. The Morgan fingerprint density at radius 2 is 1.55 bits per heavy atom. The Morgan fingerprint density at radius 1 is 1.00 bits per heavy atom. The highest BCUT2D eigenvalue weighted by Crippen LogP contribution is 2.34. The third-order valence-electron chi connectivity index (χ3n) is 3.88. The molecule has 29 heavy (non-hydrogen) atoms. The first-order chi connectivity index (χ1) is 13.5. The molecule has 0 unspecified atom stereocenters. The van der Waals surface area contributed by atoms with Gasteiger partial charge in [-0.15, -0.1) is 0 Å². The molecule has 0 aliphatic carbocycles. The highest BCUT2D eigenvalue weighted by molar-refractivity contribution is 7.92. The summed E-state index contributed by atoms with van der Waals surface area (Å²) in [6, 6.07) is 5.95. The maximum absolute atomic E-state index is 12.9. The Morgan fingerprint density at radius 3 is 2.03 bits per heavy atom. The fourth-order valence-corrected chi connectivity index (χ4v) is 3.75. The standard InChI is InChI=1S/C18H18F3NO6S/c1-26-14-8-11(9-17(23)28-3)16(10-15(14)27-2)29(24,25)22-13-6-4-12(5-7-13)18(19,20)21/h4-8,10,22H,9H2,1-3H3. The lowest BCUT2D eigenvalue weighted by Gasteiger charge is -2.16. The molecule has 0 saturated carbocycles. The van der Waals surface area contributed by atoms with E-state index >= 15 is 0 Å². The van der Waals surface area contributed by atoms with Crippen LogP contribution in [0.25, 0.3) is 0 Å². The van der Waals surface area contributed by atoms with Crippen molar-refractivity contribution in [3.63, 3.8) is 0 Å². The topological polar surface area (TPSA) is 90.9 Å². The van der Waals surface area contributed by atoms with Gasteiger partial charge in [0, 0.05) is 11.8 Å². The van der Waals surface area contributed by atoms with E-state index in [1.807, 2.05) is 0 Å². The van der Waals surface area contributed by atoms with Crippen LogP contribution in [0.5, 0.6) is 11.5 Å². The second-order valence-electron chi connectivity index (χ2n) is 5.75. The predicted octanol–water partition coefficient (Wildman–Crippen LogP) is 3.24. The average molecular weight is 433 g/mol. The van der Waals surface area contributed by atoms with Crippen molar-refractivity contribution < 1.29 is 40.6 Å². The molecule has 7 nitrogen and oxygen atoms in total. The molecule has 0 atom stereocenters. The Bertz CT molecular complexity index is 988. The molecule has 0 heterocycles. The molecule has 2 rings (SSSR count). The number of methoxy groups -OCH3 is 3. The fourth-order valence-electron chi connectivity index (χ4n) is 2.46. The summed E-state index contributed by atoms with van der Waals surface area (Å²) in [5, 5.41) is 0. The third-order valence-corrected chi connectivity index (χ3v) is 5.35. The zero-order valence-corrected chi connectivity index (χ0v) is 16.5. The van der Waals surface area contributed by atoms with Gasteiger partial charge in [0.05, 0.1) is 38.2 Å². The summed E-state index contributed by atoms with van der Waals surface area (Å²) in [7, 11) is -0.483. The SMILES string of the molecule is COC(=O)Cc1cc(OC)c(OC)cc1S(=O)(=O)Nc1ccc(C(F)(F)F)cc1. The van der Waals surface area contributed by atoms with Crippen molar-refractivity contribution in [2.45, 2.75) is 17.5 Å². The van der Waals surface area contributed by atoms with E-state index in [2.05, 4.69) is 9.46 Å². The van der Waals surface area contributed by atoms with E-state index in [1.54, 1.807) is 0 Å². The van der Waals surface area contributed by atoms with Crippen LogP contribution in [-0.2, 0) is 32.2 Å². The summed E-state index contributed by atoms with van der Waals surface area (Å²) >= 11 is 0. The normalized spacial score (nSPS) is 11.7. The molecule has 11 heteroatoms. The van der Waals surface area contributed by atoms with Gasteiger partial charge in [0.1, 0.15) is 0 Å². The van der Waals surface area contributed by atoms with Crippen molar-refractivity contribution in [2.75, 3.05) is 26.1 Å². The zero-order chi connectivity index (χ0) is 21.8. The average Bonchev–Trinajstić information content (AvgIpc) is 2.66. The monoisotopic (exact) mass is 433 g/mol. The molecule has 0 aliphatic rings. The fraction of sp³-hybridized carbons (Fsp3) is 0.278. The van der Waals surface area contributed by atoms with Crippen molar-refractivity contribution in [1.29, 1.82) is 0 Å². The molecule has 2 aromatic rings. The first-order valence-corrected chi connectivity index (χ1v) is 9.52. The van der Waals surface area contributed by atoms with Gasteiger partial charge in [-0.1, -0.05) is 0 Å². The number of sulfonamides is 1. The van der Waals surface area contributed by atoms with E-state index in [1.165, 1.54) is 20.3 Å². The van der Waals surface area contributed by atoms with E-state index in [0.717, 1.165) is 37.4 Å². The Hall–Kier alpha value is -2.95. The van der Waals surface area contributed by atoms with E-state index < -0.39 is 27.7 Å². The van der Waals surface area contributed by atoms with E-state index in [4.69, 9.17) is 9.47 Å². The second-order valence-corrected chi connectivity index (χ2v) is 7.40. The molecule has 0 spiro atoms. The minimum absolute atomic E-state index is 0.0638. The molecule has 2 aromatic carbocycles. The molecule has 0 fully saturated rings. The maximum atomic E-state index is 12.9. The number of esters is 1. The number of benzene rings is 2. The maximum Gasteiger partial charge on any atom is 0.416 e. The van der Waals surface area contributed by atoms with Crippen LogP contribution in [0.15, 0.2) is 41.3 Å². The summed E-state index contributed by atoms with van der Waals surface area (Å²) in [6.45, 7) is 0. The van der Waals surface area contributed by atoms with Crippen molar-refractivity contribution in [1.82, 2.24) is 0 Å². The van der Waals surface area contributed by atoms with Gasteiger partial charge < -0.3 is 14.2 Å². The van der Waals surface area contributed by atoms with Gasteiger partial charge >= 0.3 is 12.1 Å². The van der Waals surface area contributed by atoms with Crippen LogP contribution in [0.1, 0.15) is 11.1 Å². The summed E-state index contributed by atoms with van der Waals surface area (Å²) in [4.78, 5) is 11.4. The zero-order valence-electron chi connectivity index (χ0n) is 15.7. The number of alkyl halides is 3. The van der Waals surface area contributed by atoms with Crippen molar-refractivity contribution in [3.8, 4) is 11.5 Å². The molecular weight excluding hydrogens is 415 g/mol. The summed E-state index contributed by atoms with van der Waals surface area (Å²) < 4.78 is 80.8. The lowest BCUT2D eigenvalue weighted by Crippen LogP contribution is -2.17. The van der Waals surface area contributed by atoms with Crippen LogP contribution in [0.4, 0.5) is 18.9 Å². The van der Waals surface area contributed by atoms with E-state index in [0.29, 0.717) is 0 Å². The summed E-state index contributed by atoms with van der Waals surface area (Å²) in [5.74, 6) is -0.406. The number of carbonyl (C=O) groups excluding carboxylic acids is 1. The number of nitrogens with one attached hydrogen (secondary N) is 1. The molecular formula is C18H18F3NO6S. The molecule has 0 bridgehead atoms. The molecule has 1 N–H and O–H groups in total. The number of halogens is 3. The van der Waals surface area contributed by atoms with Gasteiger partial charge in [-0.2, -0.15) is 13.2 Å². The van der Waals surface area contributed by atoms with E-state index in [9.17, 15) is 26.4 Å². The van der Waals surface area contributed by atoms with Crippen LogP contribution in [0.2, 0.25) is 0 Å². The van der Waals surface area contributed by atoms with Crippen molar-refractivity contribution >= 4 is 21.7 Å². The first-order valence-electron chi connectivity index (χ1n) is 8.03. The quantitative estimate of drug-likeness (QED) is 0.675. The lowest BCUT2D eigenvalue weighted by molar-refractivity contribution is -0.140. The van der Waals surface area contributed by atoms with Crippen molar-refractivity contribution in [2.24, 2.45) is 0 Å². The highest BCUT2D eigenvalue weighted by Gasteiger charge is 2.30. The largest absolute Gasteiger partial charge is 0.493 e. The Kier molecular flexibility index (Phi) is 6.62. The minimum atomic E-state index is -4.55. The van der Waals surface area contributed by atoms with Crippen LogP contribution < -0.4 is 14.2 Å². The molecule has 0 amide bonds. The minimum Gasteiger partial charge on any atom is -0.493 e. The number of hydrogen-bond donors (Lipinski definition) is 1. The number of carbonyl (C=O) groups is 1. The Labute approximate surface area is 165 Å². The van der Waals surface area contributed by atoms with Crippen LogP contribution >= 0.6 is 0 Å². The van der Waals surface area contributed by atoms with Crippen LogP contribution in [0, 0.1) is 0 Å². The first kappa shape index (κ1) is 22.3. The van der Waals surface area contributed by atoms with Gasteiger partial charge in [-0.3, -0.25) is 9.52 Å². The van der Waals surface area contributed by atoms with Crippen LogP contribution in [-0.4, -0.2) is 35.7 Å². The highest BCUT2D eigenvalue weighted by atomic mass is 32.2. The predicted molar refractivity (Wildman–Crippen MR) is 97.5 cm³/mol. The molecule has 158 valence electrons. The number of ether oxygens (including phenoxy) is 3. The van der Waals surface area contributed by atoms with Gasteiger partial charge in [-0.25, -0.2) is 8.42 Å². The summed E-state index contributed by atoms with van der Waals surface area (Å²) in [5.41, 5.74) is -0.941. The molecule has 0 aromatic heterocycles.